The highest BCUT2D eigenvalue weighted by Crippen LogP contribution is 2.46. The summed E-state index contributed by atoms with van der Waals surface area (Å²) in [5.41, 5.74) is 2.27. The molecular formula is C29H26F6N6O3S. The van der Waals surface area contributed by atoms with E-state index < -0.39 is 64.0 Å². The lowest BCUT2D eigenvalue weighted by Gasteiger charge is -2.21. The van der Waals surface area contributed by atoms with Crippen molar-refractivity contribution in [3.8, 4) is 23.0 Å². The number of halogens is 6. The van der Waals surface area contributed by atoms with Crippen molar-refractivity contribution >= 4 is 43.5 Å². The highest BCUT2D eigenvalue weighted by atomic mass is 32.1. The Balaban J connectivity index is 1.51. The number of nitrogen functional groups attached to an aromatic ring is 1. The molecule has 45 heavy (non-hydrogen) atoms. The zero-order valence-corrected chi connectivity index (χ0v) is 24.5. The quantitative estimate of drug-likeness (QED) is 0.210. The van der Waals surface area contributed by atoms with Gasteiger partial charge in [0.1, 0.15) is 30.2 Å². The van der Waals surface area contributed by atoms with Gasteiger partial charge in [-0.15, -0.1) is 0 Å². The normalized spacial score (nSPS) is 20.8. The molecule has 6 rings (SSSR count). The lowest BCUT2D eigenvalue weighted by molar-refractivity contribution is -0.137. The molecule has 2 N–H and O–H groups in total. The second kappa shape index (κ2) is 11.6. The van der Waals surface area contributed by atoms with Gasteiger partial charge in [0.05, 0.1) is 27.7 Å². The predicted octanol–water partition coefficient (Wildman–Crippen LogP) is 5.37. The van der Waals surface area contributed by atoms with Crippen molar-refractivity contribution in [1.82, 2.24) is 24.8 Å². The number of alkyl halides is 4. The largest absolute Gasteiger partial charge is 0.472 e. The van der Waals surface area contributed by atoms with Gasteiger partial charge in [-0.25, -0.2) is 18.2 Å². The Kier molecular flexibility index (Phi) is 7.97. The third-order valence-corrected chi connectivity index (χ3v) is 8.81. The standard InChI is InChI=1S/C29H26F6N6O3S/c1-3-20(42)41-7-6-15(11-41)44-26-17-9-18(29(33,34)35)21(16-4-5-19(31)25-24(16)37-27(36)45-25)22(32)23(17)38-28(39-26)43-12-14-8-13(30)10-40(14)2/h3-5,9,13-15H,1,6-8,10-12H2,2H3,(H2,36,37). The molecule has 0 saturated carbocycles. The van der Waals surface area contributed by atoms with E-state index in [9.17, 15) is 26.7 Å². The van der Waals surface area contributed by atoms with Crippen LogP contribution in [-0.4, -0.2) is 82.3 Å². The number of carbonyl (C=O) groups is 1. The van der Waals surface area contributed by atoms with Gasteiger partial charge in [0.15, 0.2) is 10.9 Å². The van der Waals surface area contributed by atoms with Gasteiger partial charge in [-0.3, -0.25) is 9.69 Å². The van der Waals surface area contributed by atoms with Crippen LogP contribution in [0.15, 0.2) is 30.9 Å². The SMILES string of the molecule is C=CC(=O)N1CCC(Oc2nc(OCC3CC(F)CN3C)nc3c(F)c(-c4ccc(F)c5sc(N)nc45)c(C(F)(F)F)cc23)C1. The molecule has 9 nitrogen and oxygen atoms in total. The second-order valence-corrected chi connectivity index (χ2v) is 11.9. The first kappa shape index (κ1) is 30.8. The van der Waals surface area contributed by atoms with Crippen LogP contribution in [0.2, 0.25) is 0 Å². The molecule has 3 unspecified atom stereocenters. The third kappa shape index (κ3) is 5.83. The summed E-state index contributed by atoms with van der Waals surface area (Å²) in [4.78, 5) is 27.6. The van der Waals surface area contributed by atoms with Crippen molar-refractivity contribution in [2.24, 2.45) is 0 Å². The minimum atomic E-state index is -5.09. The number of rotatable bonds is 7. The van der Waals surface area contributed by atoms with Crippen LogP contribution >= 0.6 is 11.3 Å². The summed E-state index contributed by atoms with van der Waals surface area (Å²) in [6.45, 7) is 3.94. The highest BCUT2D eigenvalue weighted by Gasteiger charge is 2.39. The summed E-state index contributed by atoms with van der Waals surface area (Å²) < 4.78 is 100. The molecular weight excluding hydrogens is 626 g/mol. The lowest BCUT2D eigenvalue weighted by atomic mass is 9.95. The average Bonchev–Trinajstić information content (AvgIpc) is 3.70. The number of likely N-dealkylation sites (N-methyl/N-ethyl adjacent to an activating group) is 1. The van der Waals surface area contributed by atoms with Crippen LogP contribution < -0.4 is 15.2 Å². The topological polar surface area (TPSA) is 107 Å². The molecule has 2 saturated heterocycles. The van der Waals surface area contributed by atoms with Crippen LogP contribution in [0.5, 0.6) is 11.9 Å². The summed E-state index contributed by atoms with van der Waals surface area (Å²) >= 11 is 0.713. The summed E-state index contributed by atoms with van der Waals surface area (Å²) in [6.07, 6.45) is -5.23. The summed E-state index contributed by atoms with van der Waals surface area (Å²) in [7, 11) is 1.71. The van der Waals surface area contributed by atoms with Gasteiger partial charge >= 0.3 is 12.2 Å². The first-order valence-corrected chi connectivity index (χ1v) is 14.7. The molecule has 4 aromatic rings. The van der Waals surface area contributed by atoms with Crippen LogP contribution in [0.3, 0.4) is 0 Å². The van der Waals surface area contributed by atoms with Gasteiger partial charge in [-0.2, -0.15) is 23.1 Å². The van der Waals surface area contributed by atoms with Gasteiger partial charge in [0.2, 0.25) is 11.8 Å². The minimum absolute atomic E-state index is 0.0846. The molecule has 3 atom stereocenters. The molecule has 2 aromatic heterocycles. The number of anilines is 1. The number of nitrogens with zero attached hydrogens (tertiary/aromatic N) is 5. The third-order valence-electron chi connectivity index (χ3n) is 7.91. The number of thiazole rings is 1. The summed E-state index contributed by atoms with van der Waals surface area (Å²) in [5.74, 6) is -2.92. The number of nitrogens with two attached hydrogens (primary N) is 1. The maximum absolute atomic E-state index is 16.6. The van der Waals surface area contributed by atoms with Crippen LogP contribution in [0.25, 0.3) is 32.2 Å². The number of ether oxygens (including phenoxy) is 2. The van der Waals surface area contributed by atoms with Crippen LogP contribution in [-0.2, 0) is 11.0 Å². The molecule has 238 valence electrons. The van der Waals surface area contributed by atoms with Gasteiger partial charge in [0, 0.05) is 36.7 Å². The molecule has 4 heterocycles. The number of hydrogen-bond donors (Lipinski definition) is 1. The molecule has 2 aliphatic rings. The van der Waals surface area contributed by atoms with Crippen LogP contribution in [0, 0.1) is 11.6 Å². The zero-order valence-electron chi connectivity index (χ0n) is 23.7. The second-order valence-electron chi connectivity index (χ2n) is 10.9. The van der Waals surface area contributed by atoms with Crippen molar-refractivity contribution in [3.63, 3.8) is 0 Å². The Morgan fingerprint density at radius 1 is 1.20 bits per heavy atom. The molecule has 2 aromatic carbocycles. The molecule has 16 heteroatoms. The fraction of sp³-hybridized carbons (Fsp3) is 0.379. The predicted molar refractivity (Wildman–Crippen MR) is 155 cm³/mol. The van der Waals surface area contributed by atoms with E-state index in [1.165, 1.54) is 4.90 Å². The van der Waals surface area contributed by atoms with E-state index in [0.717, 1.165) is 18.2 Å². The van der Waals surface area contributed by atoms with Gasteiger partial charge in [-0.05, 0) is 37.7 Å². The van der Waals surface area contributed by atoms with E-state index in [1.54, 1.807) is 11.9 Å². The fourth-order valence-corrected chi connectivity index (χ4v) is 6.47. The number of likely N-dealkylation sites (tertiary alicyclic amines) is 2. The van der Waals surface area contributed by atoms with Crippen LogP contribution in [0.1, 0.15) is 18.4 Å². The van der Waals surface area contributed by atoms with Gasteiger partial charge in [0.25, 0.3) is 0 Å². The van der Waals surface area contributed by atoms with Crippen molar-refractivity contribution in [1.29, 1.82) is 0 Å². The van der Waals surface area contributed by atoms with Crippen LogP contribution in [0.4, 0.5) is 31.5 Å². The molecule has 0 radical (unpaired) electrons. The average molecular weight is 653 g/mol. The van der Waals surface area contributed by atoms with Crippen molar-refractivity contribution in [3.05, 3.63) is 48.1 Å². The molecule has 1 amide bonds. The molecule has 2 aliphatic heterocycles. The lowest BCUT2D eigenvalue weighted by Crippen LogP contribution is -2.31. The smallest absolute Gasteiger partial charge is 0.417 e. The maximum Gasteiger partial charge on any atom is 0.417 e. The van der Waals surface area contributed by atoms with Gasteiger partial charge in [-0.1, -0.05) is 17.9 Å². The Morgan fingerprint density at radius 2 is 1.98 bits per heavy atom. The highest BCUT2D eigenvalue weighted by molar-refractivity contribution is 7.22. The summed E-state index contributed by atoms with van der Waals surface area (Å²) in [6, 6.07) is 1.82. The van der Waals surface area contributed by atoms with E-state index in [4.69, 9.17) is 15.2 Å². The van der Waals surface area contributed by atoms with E-state index in [2.05, 4.69) is 21.5 Å². The Morgan fingerprint density at radius 3 is 2.67 bits per heavy atom. The van der Waals surface area contributed by atoms with E-state index in [-0.39, 0.29) is 59.0 Å². The molecule has 2 fully saturated rings. The summed E-state index contributed by atoms with van der Waals surface area (Å²) in [5, 5.41) is -0.518. The van der Waals surface area contributed by atoms with E-state index in [1.807, 2.05) is 0 Å². The Hall–Kier alpha value is -4.18. The monoisotopic (exact) mass is 652 g/mol. The molecule has 0 bridgehead atoms. The van der Waals surface area contributed by atoms with Crippen molar-refractivity contribution in [2.75, 3.05) is 39.0 Å². The number of amides is 1. The van der Waals surface area contributed by atoms with Gasteiger partial charge < -0.3 is 20.1 Å². The zero-order chi connectivity index (χ0) is 32.2. The molecule has 0 spiro atoms. The number of fused-ring (bicyclic) bond motifs is 2. The number of aromatic nitrogens is 3. The molecule has 0 aliphatic carbocycles. The number of benzene rings is 2. The first-order valence-electron chi connectivity index (χ1n) is 13.9. The Bertz CT molecular complexity index is 1820. The first-order chi connectivity index (χ1) is 21.3. The van der Waals surface area contributed by atoms with E-state index >= 15 is 4.39 Å². The minimum Gasteiger partial charge on any atom is -0.472 e. The van der Waals surface area contributed by atoms with Crippen molar-refractivity contribution < 1.29 is 40.6 Å². The fourth-order valence-electron chi connectivity index (χ4n) is 5.70. The number of carbonyl (C=O) groups excluding carboxylic acids is 1. The number of hydrogen-bond acceptors (Lipinski definition) is 9. The maximum atomic E-state index is 16.6. The Labute approximate surface area is 256 Å². The van der Waals surface area contributed by atoms with E-state index in [0.29, 0.717) is 30.4 Å². The van der Waals surface area contributed by atoms with Crippen molar-refractivity contribution in [2.45, 2.75) is 37.3 Å².